The van der Waals surface area contributed by atoms with Gasteiger partial charge < -0.3 is 5.11 Å². The molecule has 94 valence electrons. The maximum absolute atomic E-state index is 13.8. The lowest BCUT2D eigenvalue weighted by molar-refractivity contribution is 0.474. The van der Waals surface area contributed by atoms with Crippen LogP contribution in [0.2, 0.25) is 10.0 Å². The summed E-state index contributed by atoms with van der Waals surface area (Å²) in [5.41, 5.74) is 0.884. The Kier molecular flexibility index (Phi) is 3.41. The van der Waals surface area contributed by atoms with Gasteiger partial charge in [0.1, 0.15) is 17.4 Å². The van der Waals surface area contributed by atoms with Gasteiger partial charge in [-0.25, -0.2) is 14.4 Å². The van der Waals surface area contributed by atoms with Crippen LogP contribution in [0.15, 0.2) is 12.1 Å². The number of aryl methyl sites for hydroxylation is 2. The smallest absolute Gasteiger partial charge is 0.135 e. The van der Waals surface area contributed by atoms with Crippen molar-refractivity contribution in [1.82, 2.24) is 9.97 Å². The maximum Gasteiger partial charge on any atom is 0.135 e. The van der Waals surface area contributed by atoms with E-state index in [0.717, 1.165) is 6.07 Å². The zero-order valence-corrected chi connectivity index (χ0v) is 11.1. The third-order valence-electron chi connectivity index (χ3n) is 2.42. The molecule has 0 saturated heterocycles. The summed E-state index contributed by atoms with van der Waals surface area (Å²) in [7, 11) is 0. The number of hydrogen-bond donors (Lipinski definition) is 1. The zero-order valence-electron chi connectivity index (χ0n) is 9.63. The van der Waals surface area contributed by atoms with Crippen molar-refractivity contribution in [2.24, 2.45) is 0 Å². The number of rotatable bonds is 1. The van der Waals surface area contributed by atoms with Crippen LogP contribution in [0, 0.1) is 19.7 Å². The average molecular weight is 287 g/mol. The quantitative estimate of drug-likeness (QED) is 0.864. The molecule has 0 aliphatic carbocycles. The van der Waals surface area contributed by atoms with Gasteiger partial charge in [0, 0.05) is 5.56 Å². The number of hydrogen-bond acceptors (Lipinski definition) is 3. The minimum absolute atomic E-state index is 0.0603. The van der Waals surface area contributed by atoms with Gasteiger partial charge in [0.05, 0.1) is 21.4 Å². The molecule has 0 bridgehead atoms. The van der Waals surface area contributed by atoms with Crippen LogP contribution in [-0.4, -0.2) is 15.1 Å². The molecule has 1 N–H and O–H groups in total. The highest BCUT2D eigenvalue weighted by molar-refractivity contribution is 6.34. The molecule has 0 radical (unpaired) electrons. The van der Waals surface area contributed by atoms with Crippen molar-refractivity contribution in [2.45, 2.75) is 13.8 Å². The fraction of sp³-hybridized carbons (Fsp3) is 0.167. The molecule has 1 aromatic carbocycles. The van der Waals surface area contributed by atoms with Gasteiger partial charge in [0.25, 0.3) is 0 Å². The van der Waals surface area contributed by atoms with Crippen molar-refractivity contribution in [3.63, 3.8) is 0 Å². The SMILES string of the molecule is Cc1nc(C)c(Cl)c(-c2cc(O)c(Cl)cc2F)n1. The maximum atomic E-state index is 13.8. The monoisotopic (exact) mass is 286 g/mol. The third kappa shape index (κ3) is 2.26. The molecule has 0 amide bonds. The van der Waals surface area contributed by atoms with Crippen LogP contribution in [-0.2, 0) is 0 Å². The van der Waals surface area contributed by atoms with E-state index in [9.17, 15) is 9.50 Å². The summed E-state index contributed by atoms with van der Waals surface area (Å²) >= 11 is 11.7. The Labute approximate surface area is 113 Å². The van der Waals surface area contributed by atoms with E-state index in [1.165, 1.54) is 6.07 Å². The Morgan fingerprint density at radius 1 is 1.17 bits per heavy atom. The molecule has 1 aromatic heterocycles. The molecule has 0 aliphatic rings. The molecule has 0 spiro atoms. The number of aromatic nitrogens is 2. The summed E-state index contributed by atoms with van der Waals surface area (Å²) < 4.78 is 13.8. The fourth-order valence-corrected chi connectivity index (χ4v) is 1.93. The van der Waals surface area contributed by atoms with Crippen LogP contribution >= 0.6 is 23.2 Å². The van der Waals surface area contributed by atoms with Crippen molar-refractivity contribution in [3.05, 3.63) is 39.5 Å². The molecule has 0 fully saturated rings. The second-order valence-electron chi connectivity index (χ2n) is 3.80. The molecule has 3 nitrogen and oxygen atoms in total. The van der Waals surface area contributed by atoms with Gasteiger partial charge in [0.2, 0.25) is 0 Å². The minimum Gasteiger partial charge on any atom is -0.506 e. The van der Waals surface area contributed by atoms with Crippen molar-refractivity contribution in [3.8, 4) is 17.0 Å². The van der Waals surface area contributed by atoms with Crippen molar-refractivity contribution in [1.29, 1.82) is 0 Å². The van der Waals surface area contributed by atoms with Crippen LogP contribution in [0.5, 0.6) is 5.75 Å². The lowest BCUT2D eigenvalue weighted by atomic mass is 10.1. The van der Waals surface area contributed by atoms with Gasteiger partial charge in [-0.1, -0.05) is 23.2 Å². The summed E-state index contributed by atoms with van der Waals surface area (Å²) in [6, 6.07) is 2.22. The van der Waals surface area contributed by atoms with Gasteiger partial charge in [-0.2, -0.15) is 0 Å². The first-order chi connectivity index (χ1) is 8.40. The van der Waals surface area contributed by atoms with E-state index in [2.05, 4.69) is 9.97 Å². The second-order valence-corrected chi connectivity index (χ2v) is 4.59. The number of phenols is 1. The largest absolute Gasteiger partial charge is 0.506 e. The molecular formula is C12H9Cl2FN2O. The first-order valence-corrected chi connectivity index (χ1v) is 5.85. The Morgan fingerprint density at radius 3 is 2.50 bits per heavy atom. The topological polar surface area (TPSA) is 46.0 Å². The third-order valence-corrected chi connectivity index (χ3v) is 3.18. The second kappa shape index (κ2) is 4.71. The van der Waals surface area contributed by atoms with Gasteiger partial charge in [-0.3, -0.25) is 0 Å². The lowest BCUT2D eigenvalue weighted by Gasteiger charge is -2.09. The lowest BCUT2D eigenvalue weighted by Crippen LogP contribution is -1.98. The van der Waals surface area contributed by atoms with Crippen molar-refractivity contribution >= 4 is 23.2 Å². The van der Waals surface area contributed by atoms with Crippen LogP contribution in [0.1, 0.15) is 11.5 Å². The molecule has 2 rings (SSSR count). The van der Waals surface area contributed by atoms with E-state index in [-0.39, 0.29) is 27.1 Å². The van der Waals surface area contributed by atoms with Gasteiger partial charge >= 0.3 is 0 Å². The standard InChI is InChI=1S/C12H9Cl2FN2O/c1-5-11(14)12(17-6(2)16-5)7-3-10(18)8(13)4-9(7)15/h3-4,18H,1-2H3. The van der Waals surface area contributed by atoms with Crippen LogP contribution in [0.3, 0.4) is 0 Å². The Balaban J connectivity index is 2.73. The van der Waals surface area contributed by atoms with E-state index in [0.29, 0.717) is 11.5 Å². The molecule has 2 aromatic rings. The predicted molar refractivity (Wildman–Crippen MR) is 68.6 cm³/mol. The molecule has 0 saturated carbocycles. The van der Waals surface area contributed by atoms with Crippen molar-refractivity contribution < 1.29 is 9.50 Å². The molecule has 1 heterocycles. The summed E-state index contributed by atoms with van der Waals surface area (Å²) in [6.07, 6.45) is 0. The van der Waals surface area contributed by atoms with E-state index in [4.69, 9.17) is 23.2 Å². The molecule has 6 heteroatoms. The van der Waals surface area contributed by atoms with Crippen molar-refractivity contribution in [2.75, 3.05) is 0 Å². The summed E-state index contributed by atoms with van der Waals surface area (Å²) in [5, 5.41) is 9.72. The van der Waals surface area contributed by atoms with Crippen LogP contribution in [0.4, 0.5) is 4.39 Å². The Hall–Kier alpha value is -1.39. The van der Waals surface area contributed by atoms with Gasteiger partial charge in [-0.15, -0.1) is 0 Å². The van der Waals surface area contributed by atoms with E-state index in [1.54, 1.807) is 13.8 Å². The molecular weight excluding hydrogens is 278 g/mol. The zero-order chi connectivity index (χ0) is 13.4. The predicted octanol–water partition coefficient (Wildman–Crippen LogP) is 3.91. The highest BCUT2D eigenvalue weighted by Crippen LogP contribution is 2.35. The van der Waals surface area contributed by atoms with Crippen LogP contribution < -0.4 is 0 Å². The molecule has 18 heavy (non-hydrogen) atoms. The van der Waals surface area contributed by atoms with Gasteiger partial charge in [-0.05, 0) is 26.0 Å². The Morgan fingerprint density at radius 2 is 1.83 bits per heavy atom. The number of halogens is 3. The fourth-order valence-electron chi connectivity index (χ4n) is 1.60. The molecule has 0 aliphatic heterocycles. The normalized spacial score (nSPS) is 10.7. The number of benzene rings is 1. The minimum atomic E-state index is -0.600. The number of aromatic hydroxyl groups is 1. The first kappa shape index (κ1) is 13.1. The van der Waals surface area contributed by atoms with E-state index in [1.807, 2.05) is 0 Å². The first-order valence-electron chi connectivity index (χ1n) is 5.09. The Bertz CT molecular complexity index is 632. The highest BCUT2D eigenvalue weighted by Gasteiger charge is 2.16. The summed E-state index contributed by atoms with van der Waals surface area (Å²) in [6.45, 7) is 3.38. The number of phenolic OH excluding ortho intramolecular Hbond substituents is 1. The summed E-state index contributed by atoms with van der Waals surface area (Å²) in [4.78, 5) is 8.17. The van der Waals surface area contributed by atoms with E-state index >= 15 is 0 Å². The molecule has 0 unspecified atom stereocenters. The number of nitrogens with zero attached hydrogens (tertiary/aromatic N) is 2. The van der Waals surface area contributed by atoms with Gasteiger partial charge in [0.15, 0.2) is 0 Å². The highest BCUT2D eigenvalue weighted by atomic mass is 35.5. The average Bonchev–Trinajstić information content (AvgIpc) is 2.29. The summed E-state index contributed by atoms with van der Waals surface area (Å²) in [5.74, 6) is -0.351. The van der Waals surface area contributed by atoms with E-state index < -0.39 is 5.82 Å². The molecule has 0 atom stereocenters. The van der Waals surface area contributed by atoms with Crippen LogP contribution in [0.25, 0.3) is 11.3 Å².